The first-order valence-corrected chi connectivity index (χ1v) is 5.71. The van der Waals surface area contributed by atoms with E-state index in [1.54, 1.807) is 4.90 Å². The maximum Gasteiger partial charge on any atom is 0.291 e. The fraction of sp³-hybridized carbons (Fsp3) is 0.250. The highest BCUT2D eigenvalue weighted by atomic mass is 16.2. The van der Waals surface area contributed by atoms with Gasteiger partial charge in [-0.3, -0.25) is 9.89 Å². The first-order chi connectivity index (χ1) is 8.70. The van der Waals surface area contributed by atoms with E-state index in [1.807, 2.05) is 37.3 Å². The average Bonchev–Trinajstić information content (AvgIpc) is 2.83. The summed E-state index contributed by atoms with van der Waals surface area (Å²) < 4.78 is 0. The van der Waals surface area contributed by atoms with Gasteiger partial charge in [0.1, 0.15) is 0 Å². The number of H-pyrrole nitrogens is 1. The maximum atomic E-state index is 12.1. The van der Waals surface area contributed by atoms with E-state index in [9.17, 15) is 4.79 Å². The summed E-state index contributed by atoms with van der Waals surface area (Å²) in [5, 5.41) is 6.18. The van der Waals surface area contributed by atoms with Gasteiger partial charge in [0.05, 0.1) is 0 Å². The second-order valence-corrected chi connectivity index (χ2v) is 3.85. The van der Waals surface area contributed by atoms with Crippen LogP contribution in [0.3, 0.4) is 0 Å². The van der Waals surface area contributed by atoms with Gasteiger partial charge in [0.2, 0.25) is 11.8 Å². The van der Waals surface area contributed by atoms with Crippen LogP contribution in [0.25, 0.3) is 0 Å². The Hall–Kier alpha value is -2.37. The van der Waals surface area contributed by atoms with Crippen molar-refractivity contribution in [2.75, 3.05) is 12.3 Å². The summed E-state index contributed by atoms with van der Waals surface area (Å²) in [6.07, 6.45) is 0. The van der Waals surface area contributed by atoms with Gasteiger partial charge in [-0.05, 0) is 12.5 Å². The predicted molar refractivity (Wildman–Crippen MR) is 67.7 cm³/mol. The third kappa shape index (κ3) is 2.65. The molecule has 6 nitrogen and oxygen atoms in total. The van der Waals surface area contributed by atoms with Crippen LogP contribution >= 0.6 is 0 Å². The van der Waals surface area contributed by atoms with E-state index in [4.69, 9.17) is 5.73 Å². The summed E-state index contributed by atoms with van der Waals surface area (Å²) >= 11 is 0. The maximum absolute atomic E-state index is 12.1. The molecule has 0 aliphatic heterocycles. The van der Waals surface area contributed by atoms with Crippen LogP contribution < -0.4 is 5.73 Å². The second kappa shape index (κ2) is 5.31. The van der Waals surface area contributed by atoms with Crippen LogP contribution in [0.15, 0.2) is 30.3 Å². The number of aromatic amines is 1. The summed E-state index contributed by atoms with van der Waals surface area (Å²) in [7, 11) is 0. The fourth-order valence-corrected chi connectivity index (χ4v) is 1.65. The van der Waals surface area contributed by atoms with Gasteiger partial charge in [-0.2, -0.15) is 4.98 Å². The van der Waals surface area contributed by atoms with Gasteiger partial charge in [-0.1, -0.05) is 30.3 Å². The number of hydrogen-bond donors (Lipinski definition) is 2. The van der Waals surface area contributed by atoms with E-state index < -0.39 is 0 Å². The molecule has 1 heterocycles. The third-order valence-electron chi connectivity index (χ3n) is 2.59. The summed E-state index contributed by atoms with van der Waals surface area (Å²) in [5.74, 6) is 0.0462. The van der Waals surface area contributed by atoms with Gasteiger partial charge in [0, 0.05) is 13.1 Å². The van der Waals surface area contributed by atoms with Gasteiger partial charge in [0.25, 0.3) is 5.91 Å². The number of nitrogens with one attached hydrogen (secondary N) is 1. The van der Waals surface area contributed by atoms with Crippen LogP contribution in [0.1, 0.15) is 23.1 Å². The number of anilines is 1. The van der Waals surface area contributed by atoms with Crippen LogP contribution in [0, 0.1) is 0 Å². The lowest BCUT2D eigenvalue weighted by Gasteiger charge is -2.19. The van der Waals surface area contributed by atoms with Crippen LogP contribution in [-0.2, 0) is 6.54 Å². The van der Waals surface area contributed by atoms with Crippen molar-refractivity contribution < 1.29 is 4.79 Å². The van der Waals surface area contributed by atoms with Gasteiger partial charge in [-0.25, -0.2) is 0 Å². The van der Waals surface area contributed by atoms with Gasteiger partial charge >= 0.3 is 0 Å². The molecule has 1 aromatic heterocycles. The first kappa shape index (κ1) is 12.1. The Morgan fingerprint density at radius 1 is 1.39 bits per heavy atom. The Kier molecular flexibility index (Phi) is 3.57. The van der Waals surface area contributed by atoms with E-state index in [-0.39, 0.29) is 17.7 Å². The topological polar surface area (TPSA) is 87.9 Å². The average molecular weight is 245 g/mol. The Labute approximate surface area is 105 Å². The zero-order chi connectivity index (χ0) is 13.0. The highest BCUT2D eigenvalue weighted by Crippen LogP contribution is 2.07. The van der Waals surface area contributed by atoms with E-state index in [0.717, 1.165) is 5.56 Å². The van der Waals surface area contributed by atoms with Crippen molar-refractivity contribution in [1.82, 2.24) is 20.1 Å². The molecule has 0 aliphatic carbocycles. The van der Waals surface area contributed by atoms with Crippen LogP contribution in [0.5, 0.6) is 0 Å². The molecule has 0 fully saturated rings. The number of nitrogens with zero attached hydrogens (tertiary/aromatic N) is 3. The third-order valence-corrected chi connectivity index (χ3v) is 2.59. The van der Waals surface area contributed by atoms with Gasteiger partial charge < -0.3 is 10.6 Å². The molecule has 2 rings (SSSR count). The molecule has 94 valence electrons. The number of carbonyl (C=O) groups is 1. The minimum Gasteiger partial charge on any atom is -0.366 e. The Morgan fingerprint density at radius 2 is 2.11 bits per heavy atom. The van der Waals surface area contributed by atoms with Crippen LogP contribution in [-0.4, -0.2) is 32.5 Å². The van der Waals surface area contributed by atoms with Crippen molar-refractivity contribution >= 4 is 11.9 Å². The molecule has 3 N–H and O–H groups in total. The summed E-state index contributed by atoms with van der Waals surface area (Å²) in [6, 6.07) is 9.79. The monoisotopic (exact) mass is 245 g/mol. The minimum absolute atomic E-state index is 0.0779. The number of aromatic nitrogens is 3. The van der Waals surface area contributed by atoms with Crippen molar-refractivity contribution in [3.8, 4) is 0 Å². The smallest absolute Gasteiger partial charge is 0.291 e. The predicted octanol–water partition coefficient (Wildman–Crippen LogP) is 1.05. The van der Waals surface area contributed by atoms with Crippen molar-refractivity contribution in [3.05, 3.63) is 41.7 Å². The molecule has 0 unspecified atom stereocenters. The highest BCUT2D eigenvalue weighted by Gasteiger charge is 2.17. The Balaban J connectivity index is 2.12. The molecule has 0 saturated carbocycles. The molecule has 1 amide bonds. The lowest BCUT2D eigenvalue weighted by Crippen LogP contribution is -2.31. The Bertz CT molecular complexity index is 522. The fourth-order valence-electron chi connectivity index (χ4n) is 1.65. The largest absolute Gasteiger partial charge is 0.366 e. The second-order valence-electron chi connectivity index (χ2n) is 3.85. The number of hydrogen-bond acceptors (Lipinski definition) is 4. The van der Waals surface area contributed by atoms with Crippen molar-refractivity contribution in [2.24, 2.45) is 0 Å². The first-order valence-electron chi connectivity index (χ1n) is 5.71. The molecule has 0 bridgehead atoms. The van der Waals surface area contributed by atoms with Crippen LogP contribution in [0.2, 0.25) is 0 Å². The highest BCUT2D eigenvalue weighted by molar-refractivity contribution is 5.90. The molecular weight excluding hydrogens is 230 g/mol. The molecule has 0 saturated heterocycles. The molecular formula is C12H15N5O. The molecule has 0 radical (unpaired) electrons. The molecule has 6 heteroatoms. The molecule has 0 aliphatic rings. The zero-order valence-corrected chi connectivity index (χ0v) is 10.1. The summed E-state index contributed by atoms with van der Waals surface area (Å²) in [4.78, 5) is 17.6. The number of nitrogen functional groups attached to an aromatic ring is 1. The van der Waals surface area contributed by atoms with Crippen molar-refractivity contribution in [2.45, 2.75) is 13.5 Å². The SMILES string of the molecule is CCN(Cc1ccccc1)C(=O)c1nc(N)n[nH]1. The van der Waals surface area contributed by atoms with E-state index in [1.165, 1.54) is 0 Å². The van der Waals surface area contributed by atoms with Crippen molar-refractivity contribution in [3.63, 3.8) is 0 Å². The minimum atomic E-state index is -0.203. The molecule has 0 spiro atoms. The quantitative estimate of drug-likeness (QED) is 0.842. The zero-order valence-electron chi connectivity index (χ0n) is 10.1. The Morgan fingerprint density at radius 3 is 2.67 bits per heavy atom. The van der Waals surface area contributed by atoms with Gasteiger partial charge in [-0.15, -0.1) is 5.10 Å². The normalized spacial score (nSPS) is 10.3. The number of carbonyl (C=O) groups excluding carboxylic acids is 1. The van der Waals surface area contributed by atoms with Crippen LogP contribution in [0.4, 0.5) is 5.95 Å². The molecule has 1 aromatic carbocycles. The lowest BCUT2D eigenvalue weighted by molar-refractivity contribution is 0.0741. The molecule has 18 heavy (non-hydrogen) atoms. The lowest BCUT2D eigenvalue weighted by atomic mass is 10.2. The number of nitrogens with two attached hydrogens (primary N) is 1. The number of amides is 1. The number of benzene rings is 1. The van der Waals surface area contributed by atoms with Gasteiger partial charge in [0.15, 0.2) is 0 Å². The van der Waals surface area contributed by atoms with E-state index >= 15 is 0 Å². The number of rotatable bonds is 4. The van der Waals surface area contributed by atoms with E-state index in [0.29, 0.717) is 13.1 Å². The molecule has 0 atom stereocenters. The molecule has 2 aromatic rings. The van der Waals surface area contributed by atoms with E-state index in [2.05, 4.69) is 15.2 Å². The summed E-state index contributed by atoms with van der Waals surface area (Å²) in [5.41, 5.74) is 6.46. The summed E-state index contributed by atoms with van der Waals surface area (Å²) in [6.45, 7) is 3.05. The van der Waals surface area contributed by atoms with Crippen molar-refractivity contribution in [1.29, 1.82) is 0 Å². The standard InChI is InChI=1S/C12H15N5O/c1-2-17(8-9-6-4-3-5-7-9)11(18)10-14-12(13)16-15-10/h3-7H,2,8H2,1H3,(H3,13,14,15,16).